The Balaban J connectivity index is 1.33. The number of piperidine rings is 1. The van der Waals surface area contributed by atoms with Gasteiger partial charge in [-0.05, 0) is 68.9 Å². The fraction of sp³-hybridized carbons (Fsp3) is 0.655. The number of oxime groups is 1. The Bertz CT molecular complexity index is 1230. The van der Waals surface area contributed by atoms with E-state index in [1.165, 1.54) is 58.5 Å². The number of carboxylic acid groups (broad SMARTS) is 1. The Morgan fingerprint density at radius 2 is 1.68 bits per heavy atom. The summed E-state index contributed by atoms with van der Waals surface area (Å²) in [6, 6.07) is 9.63. The average Bonchev–Trinajstić information content (AvgIpc) is 3.15. The van der Waals surface area contributed by atoms with Crippen molar-refractivity contribution in [2.75, 3.05) is 7.11 Å². The van der Waals surface area contributed by atoms with Crippen molar-refractivity contribution < 1.29 is 14.7 Å². The molecule has 2 aliphatic heterocycles. The van der Waals surface area contributed by atoms with Gasteiger partial charge < -0.3 is 14.5 Å². The van der Waals surface area contributed by atoms with Gasteiger partial charge >= 0.3 is 5.97 Å². The van der Waals surface area contributed by atoms with Gasteiger partial charge in [0.25, 0.3) is 5.56 Å². The quantitative estimate of drug-likeness (QED) is 0.430. The van der Waals surface area contributed by atoms with Gasteiger partial charge in [-0.1, -0.05) is 36.6 Å². The molecule has 1 N–H and O–H groups in total. The molecule has 4 fully saturated rings. The van der Waals surface area contributed by atoms with Crippen LogP contribution in [0.5, 0.6) is 0 Å². The molecule has 37 heavy (non-hydrogen) atoms. The van der Waals surface area contributed by atoms with Crippen LogP contribution in [0.2, 0.25) is 0 Å². The van der Waals surface area contributed by atoms with E-state index >= 15 is 0 Å². The second kappa shape index (κ2) is 10.2. The molecule has 8 heteroatoms. The lowest BCUT2D eigenvalue weighted by Gasteiger charge is -2.49. The van der Waals surface area contributed by atoms with Gasteiger partial charge in [0.05, 0.1) is 17.5 Å². The summed E-state index contributed by atoms with van der Waals surface area (Å²) >= 11 is 0. The SMILES string of the molecule is CON=C(CCC(=O)O)c1nc2ccccc2n(C2CC3CC[C@@H](C2)N3C2CC3CCCC(C3)C2)c1=O. The molecule has 1 aromatic heterocycles. The second-order valence-electron chi connectivity index (χ2n) is 11.7. The number of carboxylic acids is 1. The third-order valence-corrected chi connectivity index (χ3v) is 9.50. The molecular weight excluding hydrogens is 468 g/mol. The summed E-state index contributed by atoms with van der Waals surface area (Å²) in [6.45, 7) is 0. The monoisotopic (exact) mass is 506 g/mol. The molecule has 0 radical (unpaired) electrons. The maximum absolute atomic E-state index is 14.0. The van der Waals surface area contributed by atoms with Gasteiger partial charge in [0, 0.05) is 30.6 Å². The van der Waals surface area contributed by atoms with Crippen molar-refractivity contribution in [3.63, 3.8) is 0 Å². The largest absolute Gasteiger partial charge is 0.481 e. The number of para-hydroxylation sites is 2. The van der Waals surface area contributed by atoms with Crippen LogP contribution in [0.4, 0.5) is 0 Å². The average molecular weight is 507 g/mol. The first-order valence-corrected chi connectivity index (χ1v) is 14.1. The number of hydrogen-bond donors (Lipinski definition) is 1. The van der Waals surface area contributed by atoms with Gasteiger partial charge in [0.15, 0.2) is 5.69 Å². The summed E-state index contributed by atoms with van der Waals surface area (Å²) in [7, 11) is 1.41. The predicted molar refractivity (Wildman–Crippen MR) is 142 cm³/mol. The fourth-order valence-electron chi connectivity index (χ4n) is 8.18. The van der Waals surface area contributed by atoms with Gasteiger partial charge in [-0.15, -0.1) is 0 Å². The molecule has 1 aromatic carbocycles. The summed E-state index contributed by atoms with van der Waals surface area (Å²) in [4.78, 5) is 37.8. The minimum atomic E-state index is -0.944. The third kappa shape index (κ3) is 4.69. The molecule has 0 spiro atoms. The zero-order valence-corrected chi connectivity index (χ0v) is 21.7. The van der Waals surface area contributed by atoms with Crippen LogP contribution >= 0.6 is 0 Å². The maximum atomic E-state index is 14.0. The van der Waals surface area contributed by atoms with Crippen LogP contribution in [0.3, 0.4) is 0 Å². The van der Waals surface area contributed by atoms with Crippen molar-refractivity contribution >= 4 is 22.7 Å². The second-order valence-corrected chi connectivity index (χ2v) is 11.7. The van der Waals surface area contributed by atoms with E-state index in [2.05, 4.69) is 15.0 Å². The standard InChI is InChI=1S/C29H38N4O4/c1-37-31-25(11-12-27(34)35)28-29(36)33(26-8-3-2-7-24(26)30-28)23-16-20-9-10-21(17-23)32(20)22-14-18-5-4-6-19(13-18)15-22/h2-3,7-8,18-23H,4-6,9-17H2,1H3,(H,34,35)/t18?,19?,20-,21?,22?,23?/m0/s1. The predicted octanol–water partition coefficient (Wildman–Crippen LogP) is 4.75. The van der Waals surface area contributed by atoms with Crippen LogP contribution in [-0.2, 0) is 9.63 Å². The summed E-state index contributed by atoms with van der Waals surface area (Å²) in [5.41, 5.74) is 1.88. The van der Waals surface area contributed by atoms with Crippen LogP contribution in [-0.4, -0.2) is 56.5 Å². The van der Waals surface area contributed by atoms with Crippen LogP contribution in [0, 0.1) is 11.8 Å². The molecule has 3 heterocycles. The number of hydrogen-bond acceptors (Lipinski definition) is 6. The van der Waals surface area contributed by atoms with Crippen molar-refractivity contribution in [3.8, 4) is 0 Å². The van der Waals surface area contributed by atoms with E-state index in [1.54, 1.807) is 0 Å². The third-order valence-electron chi connectivity index (χ3n) is 9.50. The van der Waals surface area contributed by atoms with Crippen molar-refractivity contribution in [1.29, 1.82) is 0 Å². The van der Waals surface area contributed by atoms with E-state index in [9.17, 15) is 14.7 Å². The van der Waals surface area contributed by atoms with Crippen LogP contribution in [0.25, 0.3) is 11.0 Å². The molecule has 2 saturated carbocycles. The lowest BCUT2D eigenvalue weighted by molar-refractivity contribution is -0.136. The van der Waals surface area contributed by atoms with Crippen molar-refractivity contribution in [1.82, 2.24) is 14.5 Å². The highest BCUT2D eigenvalue weighted by molar-refractivity contribution is 6.00. The molecule has 198 valence electrons. The molecular formula is C29H38N4O4. The Morgan fingerprint density at radius 3 is 2.35 bits per heavy atom. The molecule has 5 atom stereocenters. The number of rotatable bonds is 7. The van der Waals surface area contributed by atoms with E-state index in [0.29, 0.717) is 23.8 Å². The van der Waals surface area contributed by atoms with Gasteiger partial charge in [0.2, 0.25) is 0 Å². The van der Waals surface area contributed by atoms with Gasteiger partial charge in [-0.25, -0.2) is 4.98 Å². The molecule has 0 amide bonds. The Kier molecular flexibility index (Phi) is 6.78. The highest BCUT2D eigenvalue weighted by Crippen LogP contribution is 2.48. The van der Waals surface area contributed by atoms with E-state index < -0.39 is 5.97 Å². The van der Waals surface area contributed by atoms with Gasteiger partial charge in [-0.3, -0.25) is 14.5 Å². The van der Waals surface area contributed by atoms with Crippen LogP contribution < -0.4 is 5.56 Å². The summed E-state index contributed by atoms with van der Waals surface area (Å²) in [5.74, 6) is 0.877. The summed E-state index contributed by atoms with van der Waals surface area (Å²) < 4.78 is 1.95. The minimum absolute atomic E-state index is 0.0947. The first-order chi connectivity index (χ1) is 18.0. The normalized spacial score (nSPS) is 32.0. The molecule has 6 rings (SSSR count). The van der Waals surface area contributed by atoms with Crippen LogP contribution in [0.1, 0.15) is 88.8 Å². The number of fused-ring (bicyclic) bond motifs is 5. The first-order valence-electron chi connectivity index (χ1n) is 14.1. The lowest BCUT2D eigenvalue weighted by Crippen LogP contribution is -2.52. The highest BCUT2D eigenvalue weighted by atomic mass is 16.6. The number of aliphatic carboxylic acids is 1. The minimum Gasteiger partial charge on any atom is -0.481 e. The molecule has 4 aliphatic rings. The molecule has 2 saturated heterocycles. The molecule has 2 aliphatic carbocycles. The zero-order valence-electron chi connectivity index (χ0n) is 21.7. The molecule has 4 bridgehead atoms. The van der Waals surface area contributed by atoms with E-state index in [4.69, 9.17) is 4.84 Å². The number of aromatic nitrogens is 2. The van der Waals surface area contributed by atoms with E-state index in [-0.39, 0.29) is 30.1 Å². The molecule has 4 unspecified atom stereocenters. The fourth-order valence-corrected chi connectivity index (χ4v) is 8.18. The molecule has 8 nitrogen and oxygen atoms in total. The smallest absolute Gasteiger partial charge is 0.303 e. The summed E-state index contributed by atoms with van der Waals surface area (Å²) in [5, 5.41) is 13.3. The van der Waals surface area contributed by atoms with E-state index in [1.807, 2.05) is 28.8 Å². The van der Waals surface area contributed by atoms with Crippen LogP contribution in [0.15, 0.2) is 34.2 Å². The lowest BCUT2D eigenvalue weighted by atomic mass is 9.69. The number of nitrogens with zero attached hydrogens (tertiary/aromatic N) is 4. The van der Waals surface area contributed by atoms with Crippen molar-refractivity contribution in [2.24, 2.45) is 17.0 Å². The Morgan fingerprint density at radius 1 is 0.973 bits per heavy atom. The topological polar surface area (TPSA) is 97.0 Å². The van der Waals surface area contributed by atoms with Crippen molar-refractivity contribution in [2.45, 2.75) is 101 Å². The van der Waals surface area contributed by atoms with Gasteiger partial charge in [-0.2, -0.15) is 0 Å². The highest BCUT2D eigenvalue weighted by Gasteiger charge is 2.47. The number of benzene rings is 1. The first kappa shape index (κ1) is 24.6. The molecule has 2 aromatic rings. The van der Waals surface area contributed by atoms with E-state index in [0.717, 1.165) is 35.7 Å². The zero-order chi connectivity index (χ0) is 25.5. The van der Waals surface area contributed by atoms with Gasteiger partial charge in [0.1, 0.15) is 12.8 Å². The number of carbonyl (C=O) groups is 1. The summed E-state index contributed by atoms with van der Waals surface area (Å²) in [6.07, 6.45) is 12.7. The maximum Gasteiger partial charge on any atom is 0.303 e. The Hall–Kier alpha value is -2.74. The Labute approximate surface area is 217 Å². The van der Waals surface area contributed by atoms with Crippen molar-refractivity contribution in [3.05, 3.63) is 40.3 Å².